The van der Waals surface area contributed by atoms with Crippen LogP contribution in [0, 0.1) is 0 Å². The molecular weight excluding hydrogens is 430 g/mol. The second-order valence-electron chi connectivity index (χ2n) is 7.17. The van der Waals surface area contributed by atoms with Gasteiger partial charge in [-0.05, 0) is 29.8 Å². The molecule has 0 spiro atoms. The molecular formula is C21H19ClF2N4O3. The standard InChI is InChI=1S/C21H19ClF2N4O3/c22-15-10-18-14(11-28(26-18)12-20(30)27-4-6-31-7-5-27)8-13(15)9-19(29)16-2-1-3-17(25-16)21(23)24/h1-3,8,10-11,21H,4-7,9,12H2. The molecule has 1 saturated heterocycles. The molecule has 1 aliphatic rings. The molecule has 0 radical (unpaired) electrons. The van der Waals surface area contributed by atoms with Gasteiger partial charge >= 0.3 is 0 Å². The number of morpholine rings is 1. The molecule has 1 aromatic carbocycles. The molecule has 1 aliphatic heterocycles. The van der Waals surface area contributed by atoms with Crippen molar-refractivity contribution in [2.24, 2.45) is 0 Å². The quantitative estimate of drug-likeness (QED) is 0.541. The highest BCUT2D eigenvalue weighted by Crippen LogP contribution is 2.25. The van der Waals surface area contributed by atoms with E-state index in [0.717, 1.165) is 5.39 Å². The molecule has 0 saturated carbocycles. The zero-order valence-electron chi connectivity index (χ0n) is 16.4. The highest BCUT2D eigenvalue weighted by Gasteiger charge is 2.19. The van der Waals surface area contributed by atoms with Crippen molar-refractivity contribution in [3.05, 3.63) is 58.5 Å². The summed E-state index contributed by atoms with van der Waals surface area (Å²) in [5.74, 6) is -0.471. The average Bonchev–Trinajstić information content (AvgIpc) is 3.15. The number of amides is 1. The van der Waals surface area contributed by atoms with E-state index in [1.54, 1.807) is 23.2 Å². The van der Waals surface area contributed by atoms with Crippen LogP contribution in [0.4, 0.5) is 8.78 Å². The van der Waals surface area contributed by atoms with Crippen LogP contribution in [0.5, 0.6) is 0 Å². The van der Waals surface area contributed by atoms with Gasteiger partial charge in [0.05, 0.1) is 18.7 Å². The van der Waals surface area contributed by atoms with Gasteiger partial charge in [-0.3, -0.25) is 14.3 Å². The molecule has 0 aliphatic carbocycles. The minimum atomic E-state index is -2.75. The number of alkyl halides is 2. The van der Waals surface area contributed by atoms with Crippen LogP contribution in [0.15, 0.2) is 36.5 Å². The van der Waals surface area contributed by atoms with Gasteiger partial charge in [0.25, 0.3) is 6.43 Å². The Hall–Kier alpha value is -2.91. The van der Waals surface area contributed by atoms with Crippen LogP contribution in [0.1, 0.15) is 28.2 Å². The summed E-state index contributed by atoms with van der Waals surface area (Å²) in [7, 11) is 0. The van der Waals surface area contributed by atoms with Gasteiger partial charge in [-0.25, -0.2) is 13.8 Å². The van der Waals surface area contributed by atoms with Gasteiger partial charge in [0, 0.05) is 36.1 Å². The van der Waals surface area contributed by atoms with Gasteiger partial charge in [0.1, 0.15) is 17.9 Å². The van der Waals surface area contributed by atoms with Crippen molar-refractivity contribution in [3.8, 4) is 0 Å². The van der Waals surface area contributed by atoms with E-state index < -0.39 is 17.9 Å². The van der Waals surface area contributed by atoms with Crippen LogP contribution in [0.3, 0.4) is 0 Å². The Kier molecular flexibility index (Phi) is 6.24. The Labute approximate surface area is 181 Å². The van der Waals surface area contributed by atoms with Crippen LogP contribution in [0.2, 0.25) is 5.02 Å². The Morgan fingerprint density at radius 2 is 1.97 bits per heavy atom. The maximum Gasteiger partial charge on any atom is 0.280 e. The van der Waals surface area contributed by atoms with Crippen molar-refractivity contribution in [2.75, 3.05) is 26.3 Å². The topological polar surface area (TPSA) is 77.3 Å². The van der Waals surface area contributed by atoms with Gasteiger partial charge in [-0.15, -0.1) is 0 Å². The van der Waals surface area contributed by atoms with Gasteiger partial charge in [-0.1, -0.05) is 17.7 Å². The van der Waals surface area contributed by atoms with Crippen molar-refractivity contribution in [3.63, 3.8) is 0 Å². The van der Waals surface area contributed by atoms with Crippen molar-refractivity contribution in [1.29, 1.82) is 0 Å². The highest BCUT2D eigenvalue weighted by molar-refractivity contribution is 6.32. The number of fused-ring (bicyclic) bond motifs is 1. The van der Waals surface area contributed by atoms with E-state index in [1.807, 2.05) is 0 Å². The summed E-state index contributed by atoms with van der Waals surface area (Å²) in [5.41, 5.74) is 0.635. The number of pyridine rings is 1. The molecule has 7 nitrogen and oxygen atoms in total. The Morgan fingerprint density at radius 1 is 1.19 bits per heavy atom. The number of nitrogens with zero attached hydrogens (tertiary/aromatic N) is 4. The number of carbonyl (C=O) groups is 2. The maximum absolute atomic E-state index is 12.9. The minimum Gasteiger partial charge on any atom is -0.378 e. The molecule has 1 amide bonds. The third kappa shape index (κ3) is 4.88. The fourth-order valence-electron chi connectivity index (χ4n) is 3.40. The first-order valence-electron chi connectivity index (χ1n) is 9.70. The first-order valence-corrected chi connectivity index (χ1v) is 10.1. The summed E-state index contributed by atoms with van der Waals surface area (Å²) in [6.45, 7) is 2.24. The normalized spacial score (nSPS) is 14.4. The number of rotatable bonds is 6. The lowest BCUT2D eigenvalue weighted by atomic mass is 10.0. The van der Waals surface area contributed by atoms with Crippen LogP contribution in [0.25, 0.3) is 10.9 Å². The molecule has 31 heavy (non-hydrogen) atoms. The molecule has 1 fully saturated rings. The first-order chi connectivity index (χ1) is 14.9. The van der Waals surface area contributed by atoms with E-state index >= 15 is 0 Å². The fourth-order valence-corrected chi connectivity index (χ4v) is 3.63. The average molecular weight is 449 g/mol. The molecule has 0 N–H and O–H groups in total. The number of hydrogen-bond donors (Lipinski definition) is 0. The van der Waals surface area contributed by atoms with E-state index in [2.05, 4.69) is 10.1 Å². The number of aromatic nitrogens is 3. The smallest absolute Gasteiger partial charge is 0.280 e. The Morgan fingerprint density at radius 3 is 2.71 bits per heavy atom. The predicted molar refractivity (Wildman–Crippen MR) is 109 cm³/mol. The number of ether oxygens (including phenoxy) is 1. The molecule has 0 unspecified atom stereocenters. The Bertz CT molecular complexity index is 1130. The molecule has 0 bridgehead atoms. The summed E-state index contributed by atoms with van der Waals surface area (Å²) in [4.78, 5) is 30.5. The molecule has 162 valence electrons. The van der Waals surface area contributed by atoms with Gasteiger partial charge in [-0.2, -0.15) is 5.10 Å². The van der Waals surface area contributed by atoms with Gasteiger partial charge in [0.2, 0.25) is 5.91 Å². The van der Waals surface area contributed by atoms with Gasteiger partial charge < -0.3 is 9.64 Å². The third-order valence-electron chi connectivity index (χ3n) is 5.01. The number of ketones is 1. The number of benzene rings is 1. The number of Topliss-reactive ketones (excluding diaryl/α,β-unsaturated/α-hetero) is 1. The van der Waals surface area contributed by atoms with E-state index in [4.69, 9.17) is 16.3 Å². The zero-order chi connectivity index (χ0) is 22.0. The second kappa shape index (κ2) is 9.07. The summed E-state index contributed by atoms with van der Waals surface area (Å²) in [6, 6.07) is 7.29. The lowest BCUT2D eigenvalue weighted by Gasteiger charge is -2.26. The monoisotopic (exact) mass is 448 g/mol. The molecule has 0 atom stereocenters. The summed E-state index contributed by atoms with van der Waals surface area (Å²) in [6.07, 6.45) is -1.13. The minimum absolute atomic E-state index is 0.0410. The molecule has 4 rings (SSSR count). The van der Waals surface area contributed by atoms with Crippen LogP contribution in [-0.4, -0.2) is 57.7 Å². The maximum atomic E-state index is 12.9. The van der Waals surface area contributed by atoms with Gasteiger partial charge in [0.15, 0.2) is 5.78 Å². The molecule has 2 aromatic heterocycles. The SMILES string of the molecule is O=C(Cc1cc2cn(CC(=O)N3CCOCC3)nc2cc1Cl)c1cccc(C(F)F)n1. The molecule has 3 aromatic rings. The lowest BCUT2D eigenvalue weighted by Crippen LogP contribution is -2.42. The lowest BCUT2D eigenvalue weighted by molar-refractivity contribution is -0.136. The number of halogens is 3. The number of hydrogen-bond acceptors (Lipinski definition) is 5. The summed E-state index contributed by atoms with van der Waals surface area (Å²) < 4.78 is 32.5. The van der Waals surface area contributed by atoms with Crippen LogP contribution in [-0.2, 0) is 22.5 Å². The summed E-state index contributed by atoms with van der Waals surface area (Å²) in [5, 5.41) is 5.44. The van der Waals surface area contributed by atoms with Crippen molar-refractivity contribution >= 4 is 34.2 Å². The van der Waals surface area contributed by atoms with Crippen molar-refractivity contribution in [1.82, 2.24) is 19.7 Å². The highest BCUT2D eigenvalue weighted by atomic mass is 35.5. The molecule has 10 heteroatoms. The van der Waals surface area contributed by atoms with E-state index in [-0.39, 0.29) is 24.6 Å². The molecule has 3 heterocycles. The second-order valence-corrected chi connectivity index (χ2v) is 7.58. The van der Waals surface area contributed by atoms with Crippen LogP contribution >= 0.6 is 11.6 Å². The van der Waals surface area contributed by atoms with E-state index in [0.29, 0.717) is 42.4 Å². The largest absolute Gasteiger partial charge is 0.378 e. The predicted octanol–water partition coefficient (Wildman–Crippen LogP) is 3.31. The summed E-state index contributed by atoms with van der Waals surface area (Å²) >= 11 is 6.32. The van der Waals surface area contributed by atoms with Crippen molar-refractivity contribution in [2.45, 2.75) is 19.4 Å². The number of carbonyl (C=O) groups excluding carboxylic acids is 2. The van der Waals surface area contributed by atoms with Crippen LogP contribution < -0.4 is 0 Å². The Balaban J connectivity index is 1.51. The van der Waals surface area contributed by atoms with Crippen molar-refractivity contribution < 1.29 is 23.1 Å². The first kappa shape index (κ1) is 21.3. The third-order valence-corrected chi connectivity index (χ3v) is 5.36. The van der Waals surface area contributed by atoms with E-state index in [1.165, 1.54) is 22.9 Å². The van der Waals surface area contributed by atoms with E-state index in [9.17, 15) is 18.4 Å². The fraction of sp³-hybridized carbons (Fsp3) is 0.333. The zero-order valence-corrected chi connectivity index (χ0v) is 17.2.